The van der Waals surface area contributed by atoms with Crippen LogP contribution in [0.15, 0.2) is 0 Å². The Morgan fingerprint density at radius 2 is 2.06 bits per heavy atom. The van der Waals surface area contributed by atoms with Crippen LogP contribution in [-0.2, 0) is 9.59 Å². The van der Waals surface area contributed by atoms with Crippen LogP contribution < -0.4 is 5.73 Å². The third-order valence-electron chi connectivity index (χ3n) is 3.20. The minimum atomic E-state index is -0.815. The molecule has 1 aliphatic heterocycles. The summed E-state index contributed by atoms with van der Waals surface area (Å²) in [6, 6.07) is -0.152. The van der Waals surface area contributed by atoms with Crippen molar-refractivity contribution < 1.29 is 14.7 Å². The van der Waals surface area contributed by atoms with Gasteiger partial charge in [-0.3, -0.25) is 9.59 Å². The highest BCUT2D eigenvalue weighted by molar-refractivity contribution is 5.79. The molecule has 1 fully saturated rings. The van der Waals surface area contributed by atoms with Gasteiger partial charge in [0.1, 0.15) is 0 Å². The van der Waals surface area contributed by atoms with E-state index in [1.165, 1.54) is 0 Å². The molecule has 1 amide bonds. The highest BCUT2D eigenvalue weighted by Gasteiger charge is 2.31. The molecule has 1 rings (SSSR count). The summed E-state index contributed by atoms with van der Waals surface area (Å²) in [7, 11) is 0. The average molecular weight is 256 g/mol. The normalized spacial score (nSPS) is 22.0. The van der Waals surface area contributed by atoms with E-state index in [2.05, 4.69) is 20.8 Å². The monoisotopic (exact) mass is 256 g/mol. The molecule has 2 atom stereocenters. The van der Waals surface area contributed by atoms with Gasteiger partial charge in [-0.1, -0.05) is 20.8 Å². The molecular weight excluding hydrogens is 232 g/mol. The van der Waals surface area contributed by atoms with Crippen molar-refractivity contribution in [2.75, 3.05) is 13.1 Å². The molecule has 3 N–H and O–H groups in total. The van der Waals surface area contributed by atoms with Gasteiger partial charge in [0, 0.05) is 25.6 Å². The summed E-state index contributed by atoms with van der Waals surface area (Å²) in [5.74, 6) is -1.24. The van der Waals surface area contributed by atoms with Crippen molar-refractivity contribution in [3.05, 3.63) is 0 Å². The van der Waals surface area contributed by atoms with Crippen molar-refractivity contribution in [2.45, 2.75) is 46.1 Å². The van der Waals surface area contributed by atoms with Gasteiger partial charge in [-0.15, -0.1) is 0 Å². The fourth-order valence-corrected chi connectivity index (χ4v) is 2.40. The van der Waals surface area contributed by atoms with E-state index in [4.69, 9.17) is 10.8 Å². The van der Waals surface area contributed by atoms with Gasteiger partial charge in [-0.25, -0.2) is 0 Å². The van der Waals surface area contributed by atoms with Gasteiger partial charge >= 0.3 is 5.97 Å². The third kappa shape index (κ3) is 4.64. The second kappa shape index (κ2) is 5.69. The molecule has 0 aliphatic carbocycles. The van der Waals surface area contributed by atoms with E-state index in [0.717, 1.165) is 6.42 Å². The standard InChI is InChI=1S/C13H24N2O3/c1-13(2,3)7-10(14)6-11(16)15-5-4-9(8-15)12(17)18/h9-10H,4-8,14H2,1-3H3,(H,17,18). The van der Waals surface area contributed by atoms with E-state index in [0.29, 0.717) is 25.9 Å². The SMILES string of the molecule is CC(C)(C)CC(N)CC(=O)N1CCC(C(=O)O)C1. The molecule has 0 aromatic heterocycles. The molecule has 18 heavy (non-hydrogen) atoms. The summed E-state index contributed by atoms with van der Waals surface area (Å²) in [6.07, 6.45) is 1.65. The summed E-state index contributed by atoms with van der Waals surface area (Å²) in [5.41, 5.74) is 6.06. The molecule has 0 aromatic rings. The molecule has 0 spiro atoms. The number of carbonyl (C=O) groups is 2. The molecule has 0 bridgehead atoms. The Hall–Kier alpha value is -1.10. The van der Waals surface area contributed by atoms with Gasteiger partial charge < -0.3 is 15.7 Å². The first-order valence-electron chi connectivity index (χ1n) is 6.45. The van der Waals surface area contributed by atoms with Crippen LogP contribution in [0.25, 0.3) is 0 Å². The molecule has 2 unspecified atom stereocenters. The van der Waals surface area contributed by atoms with E-state index in [-0.39, 0.29) is 17.4 Å². The minimum absolute atomic E-state index is 0.0181. The van der Waals surface area contributed by atoms with Gasteiger partial charge in [-0.05, 0) is 18.3 Å². The Morgan fingerprint density at radius 1 is 1.44 bits per heavy atom. The second-order valence-electron chi connectivity index (χ2n) is 6.39. The molecule has 1 saturated heterocycles. The zero-order chi connectivity index (χ0) is 13.9. The van der Waals surface area contributed by atoms with Crippen molar-refractivity contribution in [1.29, 1.82) is 0 Å². The number of likely N-dealkylation sites (tertiary alicyclic amines) is 1. The second-order valence-corrected chi connectivity index (χ2v) is 6.39. The van der Waals surface area contributed by atoms with E-state index >= 15 is 0 Å². The quantitative estimate of drug-likeness (QED) is 0.788. The summed E-state index contributed by atoms with van der Waals surface area (Å²) in [5, 5.41) is 8.88. The van der Waals surface area contributed by atoms with Crippen molar-refractivity contribution in [3.63, 3.8) is 0 Å². The highest BCUT2D eigenvalue weighted by atomic mass is 16.4. The molecule has 5 heteroatoms. The van der Waals surface area contributed by atoms with Gasteiger partial charge in [0.15, 0.2) is 0 Å². The maximum absolute atomic E-state index is 12.0. The first-order chi connectivity index (χ1) is 8.19. The molecule has 104 valence electrons. The van der Waals surface area contributed by atoms with E-state index in [1.807, 2.05) is 0 Å². The predicted octanol–water partition coefficient (Wildman–Crippen LogP) is 1.07. The van der Waals surface area contributed by atoms with Crippen LogP contribution in [-0.4, -0.2) is 41.0 Å². The summed E-state index contributed by atoms with van der Waals surface area (Å²) < 4.78 is 0. The average Bonchev–Trinajstić information content (AvgIpc) is 2.62. The van der Waals surface area contributed by atoms with Gasteiger partial charge in [-0.2, -0.15) is 0 Å². The maximum atomic E-state index is 12.0. The molecule has 0 aromatic carbocycles. The van der Waals surface area contributed by atoms with Gasteiger partial charge in [0.2, 0.25) is 5.91 Å². The Bertz CT molecular complexity index is 323. The van der Waals surface area contributed by atoms with Crippen molar-refractivity contribution in [3.8, 4) is 0 Å². The maximum Gasteiger partial charge on any atom is 0.308 e. The molecule has 1 aliphatic rings. The lowest BCUT2D eigenvalue weighted by Crippen LogP contribution is -2.36. The van der Waals surface area contributed by atoms with Gasteiger partial charge in [0.05, 0.1) is 5.92 Å². The van der Waals surface area contributed by atoms with E-state index < -0.39 is 11.9 Å². The van der Waals surface area contributed by atoms with Crippen LogP contribution in [0.4, 0.5) is 0 Å². The Labute approximate surface area is 108 Å². The number of hydrogen-bond acceptors (Lipinski definition) is 3. The van der Waals surface area contributed by atoms with Crippen LogP contribution in [0.5, 0.6) is 0 Å². The molecule has 5 nitrogen and oxygen atoms in total. The highest BCUT2D eigenvalue weighted by Crippen LogP contribution is 2.22. The number of amides is 1. The minimum Gasteiger partial charge on any atom is -0.481 e. The van der Waals surface area contributed by atoms with Crippen molar-refractivity contribution in [2.24, 2.45) is 17.1 Å². The largest absolute Gasteiger partial charge is 0.481 e. The number of carbonyl (C=O) groups excluding carboxylic acids is 1. The van der Waals surface area contributed by atoms with E-state index in [9.17, 15) is 9.59 Å². The van der Waals surface area contributed by atoms with E-state index in [1.54, 1.807) is 4.90 Å². The molecule has 1 heterocycles. The Balaban J connectivity index is 2.40. The number of rotatable bonds is 4. The third-order valence-corrected chi connectivity index (χ3v) is 3.20. The van der Waals surface area contributed by atoms with Crippen LogP contribution in [0, 0.1) is 11.3 Å². The molecule has 0 saturated carbocycles. The number of aliphatic carboxylic acids is 1. The first-order valence-corrected chi connectivity index (χ1v) is 6.45. The lowest BCUT2D eigenvalue weighted by Gasteiger charge is -2.24. The predicted molar refractivity (Wildman–Crippen MR) is 69.0 cm³/mol. The Morgan fingerprint density at radius 3 is 2.50 bits per heavy atom. The molecular formula is C13H24N2O3. The number of carboxylic acid groups (broad SMARTS) is 1. The smallest absolute Gasteiger partial charge is 0.308 e. The molecule has 0 radical (unpaired) electrons. The zero-order valence-corrected chi connectivity index (χ0v) is 11.5. The van der Waals surface area contributed by atoms with Crippen LogP contribution in [0.1, 0.15) is 40.0 Å². The number of carboxylic acids is 1. The van der Waals surface area contributed by atoms with Crippen LogP contribution >= 0.6 is 0 Å². The van der Waals surface area contributed by atoms with Crippen molar-refractivity contribution in [1.82, 2.24) is 4.90 Å². The topological polar surface area (TPSA) is 83.6 Å². The summed E-state index contributed by atoms with van der Waals surface area (Å²) >= 11 is 0. The first kappa shape index (κ1) is 15.0. The number of hydrogen-bond donors (Lipinski definition) is 2. The lowest BCUT2D eigenvalue weighted by atomic mass is 9.87. The Kier molecular flexibility index (Phi) is 4.73. The fraction of sp³-hybridized carbons (Fsp3) is 0.846. The zero-order valence-electron chi connectivity index (χ0n) is 11.5. The fourth-order valence-electron chi connectivity index (χ4n) is 2.40. The summed E-state index contributed by atoms with van der Waals surface area (Å²) in [6.45, 7) is 7.14. The summed E-state index contributed by atoms with van der Waals surface area (Å²) in [4.78, 5) is 24.4. The lowest BCUT2D eigenvalue weighted by molar-refractivity contribution is -0.141. The van der Waals surface area contributed by atoms with Gasteiger partial charge in [0.25, 0.3) is 0 Å². The van der Waals surface area contributed by atoms with Crippen LogP contribution in [0.3, 0.4) is 0 Å². The number of nitrogens with two attached hydrogens (primary N) is 1. The van der Waals surface area contributed by atoms with Crippen LogP contribution in [0.2, 0.25) is 0 Å². The van der Waals surface area contributed by atoms with Crippen molar-refractivity contribution >= 4 is 11.9 Å². The number of nitrogens with zero attached hydrogens (tertiary/aromatic N) is 1.